The predicted octanol–water partition coefficient (Wildman–Crippen LogP) is 3.83. The van der Waals surface area contributed by atoms with Gasteiger partial charge in [-0.05, 0) is 31.5 Å². The van der Waals surface area contributed by atoms with Crippen LogP contribution < -0.4 is 5.56 Å². The lowest BCUT2D eigenvalue weighted by Crippen LogP contribution is -2.22. The summed E-state index contributed by atoms with van der Waals surface area (Å²) in [5.41, 5.74) is 0.498. The summed E-state index contributed by atoms with van der Waals surface area (Å²) in [7, 11) is 0. The molecule has 8 heteroatoms. The zero-order valence-electron chi connectivity index (χ0n) is 13.5. The number of rotatable bonds is 4. The molecule has 0 radical (unpaired) electrons. The number of halogens is 2. The van der Waals surface area contributed by atoms with E-state index in [1.165, 1.54) is 10.9 Å². The van der Waals surface area contributed by atoms with Gasteiger partial charge in [-0.2, -0.15) is 0 Å². The standard InChI is InChI=1S/C17H14Cl2N2O4/c1-3-24-17(23)13-9(2)25-15-14(13)16(22)21(8-20-15)7-10-4-5-11(18)6-12(10)19/h4-6,8H,3,7H2,1-2H3. The SMILES string of the molecule is CCOC(=O)c1c(C)oc2ncn(Cc3ccc(Cl)cc3Cl)c(=O)c12. The first-order chi connectivity index (χ1) is 11.9. The number of hydrogen-bond donors (Lipinski definition) is 0. The maximum absolute atomic E-state index is 12.8. The molecule has 0 amide bonds. The van der Waals surface area contributed by atoms with Gasteiger partial charge < -0.3 is 9.15 Å². The van der Waals surface area contributed by atoms with Crippen LogP contribution in [0.15, 0.2) is 33.7 Å². The Morgan fingerprint density at radius 1 is 1.36 bits per heavy atom. The van der Waals surface area contributed by atoms with Crippen LogP contribution in [0.4, 0.5) is 0 Å². The van der Waals surface area contributed by atoms with Crippen LogP contribution in [0.25, 0.3) is 11.1 Å². The van der Waals surface area contributed by atoms with E-state index < -0.39 is 11.5 Å². The lowest BCUT2D eigenvalue weighted by molar-refractivity contribution is 0.0526. The van der Waals surface area contributed by atoms with Gasteiger partial charge >= 0.3 is 5.97 Å². The molecule has 0 atom stereocenters. The largest absolute Gasteiger partial charge is 0.462 e. The van der Waals surface area contributed by atoms with Crippen LogP contribution in [-0.2, 0) is 11.3 Å². The van der Waals surface area contributed by atoms with Gasteiger partial charge in [0.15, 0.2) is 0 Å². The lowest BCUT2D eigenvalue weighted by Gasteiger charge is -2.08. The fraction of sp³-hybridized carbons (Fsp3) is 0.235. The van der Waals surface area contributed by atoms with Crippen molar-refractivity contribution in [1.82, 2.24) is 9.55 Å². The van der Waals surface area contributed by atoms with Crippen LogP contribution in [0.2, 0.25) is 10.0 Å². The van der Waals surface area contributed by atoms with Gasteiger partial charge in [0.2, 0.25) is 5.71 Å². The van der Waals surface area contributed by atoms with Crippen LogP contribution in [-0.4, -0.2) is 22.1 Å². The normalized spacial score (nSPS) is 11.0. The molecule has 0 aliphatic rings. The highest BCUT2D eigenvalue weighted by Crippen LogP contribution is 2.24. The number of benzene rings is 1. The van der Waals surface area contributed by atoms with Crippen LogP contribution in [0, 0.1) is 6.92 Å². The van der Waals surface area contributed by atoms with E-state index in [1.807, 2.05) is 0 Å². The Balaban J connectivity index is 2.12. The first kappa shape index (κ1) is 17.5. The molecule has 130 valence electrons. The molecule has 0 saturated carbocycles. The van der Waals surface area contributed by atoms with E-state index in [9.17, 15) is 9.59 Å². The molecule has 3 aromatic rings. The second-order valence-corrected chi connectivity index (χ2v) is 6.19. The molecule has 1 aromatic carbocycles. The Morgan fingerprint density at radius 3 is 2.80 bits per heavy atom. The van der Waals surface area contributed by atoms with Gasteiger partial charge in [-0.1, -0.05) is 29.3 Å². The van der Waals surface area contributed by atoms with Gasteiger partial charge in [0, 0.05) is 10.0 Å². The van der Waals surface area contributed by atoms with Crippen molar-refractivity contribution in [3.05, 3.63) is 61.8 Å². The van der Waals surface area contributed by atoms with Gasteiger partial charge in [0.25, 0.3) is 5.56 Å². The second-order valence-electron chi connectivity index (χ2n) is 5.35. The third kappa shape index (κ3) is 3.27. The minimum Gasteiger partial charge on any atom is -0.462 e. The lowest BCUT2D eigenvalue weighted by atomic mass is 10.2. The average Bonchev–Trinajstić information content (AvgIpc) is 2.89. The maximum atomic E-state index is 12.8. The van der Waals surface area contributed by atoms with Crippen molar-refractivity contribution in [2.75, 3.05) is 6.61 Å². The van der Waals surface area contributed by atoms with Crippen molar-refractivity contribution >= 4 is 40.3 Å². The minimum absolute atomic E-state index is 0.100. The van der Waals surface area contributed by atoms with E-state index in [0.717, 1.165) is 0 Å². The zero-order valence-corrected chi connectivity index (χ0v) is 15.0. The average molecular weight is 381 g/mol. The number of nitrogens with zero attached hydrogens (tertiary/aromatic N) is 2. The van der Waals surface area contributed by atoms with Crippen molar-refractivity contribution in [3.63, 3.8) is 0 Å². The van der Waals surface area contributed by atoms with E-state index in [2.05, 4.69) is 4.98 Å². The fourth-order valence-electron chi connectivity index (χ4n) is 2.53. The summed E-state index contributed by atoms with van der Waals surface area (Å²) in [6.07, 6.45) is 1.35. The summed E-state index contributed by atoms with van der Waals surface area (Å²) >= 11 is 12.1. The van der Waals surface area contributed by atoms with Crippen LogP contribution >= 0.6 is 23.2 Å². The Kier molecular flexibility index (Phi) is 4.83. The molecule has 0 fully saturated rings. The molecule has 0 aliphatic carbocycles. The highest BCUT2D eigenvalue weighted by Gasteiger charge is 2.24. The number of aromatic nitrogens is 2. The molecular formula is C17H14Cl2N2O4. The van der Waals surface area contributed by atoms with Crippen molar-refractivity contribution < 1.29 is 13.9 Å². The summed E-state index contributed by atoms with van der Waals surface area (Å²) in [5, 5.41) is 1.04. The Hall–Kier alpha value is -2.31. The summed E-state index contributed by atoms with van der Waals surface area (Å²) < 4.78 is 11.8. The molecule has 0 N–H and O–H groups in total. The van der Waals surface area contributed by atoms with Crippen molar-refractivity contribution in [2.45, 2.75) is 20.4 Å². The number of ether oxygens (including phenoxy) is 1. The number of carbonyl (C=O) groups is 1. The third-order valence-electron chi connectivity index (χ3n) is 3.69. The molecule has 0 aliphatic heterocycles. The number of esters is 1. The molecule has 0 bridgehead atoms. The Labute approximate surface area is 152 Å². The first-order valence-corrected chi connectivity index (χ1v) is 8.27. The van der Waals surface area contributed by atoms with Crippen LogP contribution in [0.5, 0.6) is 0 Å². The molecular weight excluding hydrogens is 367 g/mol. The van der Waals surface area contributed by atoms with Crippen LogP contribution in [0.1, 0.15) is 28.6 Å². The number of furan rings is 1. The van der Waals surface area contributed by atoms with Crippen molar-refractivity contribution in [3.8, 4) is 0 Å². The Bertz CT molecular complexity index is 1020. The second kappa shape index (κ2) is 6.90. The molecule has 0 unspecified atom stereocenters. The van der Waals surface area contributed by atoms with E-state index in [1.54, 1.807) is 32.0 Å². The molecule has 2 heterocycles. The molecule has 6 nitrogen and oxygen atoms in total. The number of hydrogen-bond acceptors (Lipinski definition) is 5. The number of fused-ring (bicyclic) bond motifs is 1. The summed E-state index contributed by atoms with van der Waals surface area (Å²) in [5.74, 6) is -0.319. The van der Waals surface area contributed by atoms with Crippen LogP contribution in [0.3, 0.4) is 0 Å². The topological polar surface area (TPSA) is 74.3 Å². The first-order valence-electron chi connectivity index (χ1n) is 7.52. The summed E-state index contributed by atoms with van der Waals surface area (Å²) in [4.78, 5) is 29.1. The highest BCUT2D eigenvalue weighted by molar-refractivity contribution is 6.35. The summed E-state index contributed by atoms with van der Waals surface area (Å²) in [6.45, 7) is 3.66. The van der Waals surface area contributed by atoms with Gasteiger partial charge in [-0.25, -0.2) is 9.78 Å². The van der Waals surface area contributed by atoms with Crippen molar-refractivity contribution in [1.29, 1.82) is 0 Å². The van der Waals surface area contributed by atoms with Gasteiger partial charge in [-0.3, -0.25) is 9.36 Å². The van der Waals surface area contributed by atoms with Gasteiger partial charge in [-0.15, -0.1) is 0 Å². The smallest absolute Gasteiger partial charge is 0.342 e. The highest BCUT2D eigenvalue weighted by atomic mass is 35.5. The van der Waals surface area contributed by atoms with E-state index in [0.29, 0.717) is 21.4 Å². The predicted molar refractivity (Wildman–Crippen MR) is 94.5 cm³/mol. The van der Waals surface area contributed by atoms with E-state index in [4.69, 9.17) is 32.4 Å². The van der Waals surface area contributed by atoms with Crippen molar-refractivity contribution in [2.24, 2.45) is 0 Å². The zero-order chi connectivity index (χ0) is 18.1. The third-order valence-corrected chi connectivity index (χ3v) is 4.28. The van der Waals surface area contributed by atoms with E-state index >= 15 is 0 Å². The monoisotopic (exact) mass is 380 g/mol. The van der Waals surface area contributed by atoms with Gasteiger partial charge in [0.1, 0.15) is 23.0 Å². The van der Waals surface area contributed by atoms with E-state index in [-0.39, 0.29) is 29.8 Å². The quantitative estimate of drug-likeness (QED) is 0.643. The number of carbonyl (C=O) groups excluding carboxylic acids is 1. The maximum Gasteiger partial charge on any atom is 0.342 e. The minimum atomic E-state index is -0.611. The van der Waals surface area contributed by atoms with Gasteiger partial charge in [0.05, 0.1) is 13.2 Å². The molecule has 0 spiro atoms. The molecule has 2 aromatic heterocycles. The Morgan fingerprint density at radius 2 is 2.12 bits per heavy atom. The molecule has 25 heavy (non-hydrogen) atoms. The molecule has 3 rings (SSSR count). The number of aryl methyl sites for hydroxylation is 1. The molecule has 0 saturated heterocycles. The fourth-order valence-corrected chi connectivity index (χ4v) is 3.00. The summed E-state index contributed by atoms with van der Waals surface area (Å²) in [6, 6.07) is 5.02.